The Bertz CT molecular complexity index is 838. The molecule has 0 saturated carbocycles. The van der Waals surface area contributed by atoms with Crippen LogP contribution in [0.1, 0.15) is 25.0 Å². The molecule has 1 unspecified atom stereocenters. The summed E-state index contributed by atoms with van der Waals surface area (Å²) in [7, 11) is 0. The molecule has 0 amide bonds. The second-order valence-electron chi connectivity index (χ2n) is 6.21. The third-order valence-corrected chi connectivity index (χ3v) is 4.19. The first-order valence-corrected chi connectivity index (χ1v) is 8.78. The molecule has 6 N–H and O–H groups in total. The fourth-order valence-electron chi connectivity index (χ4n) is 2.63. The van der Waals surface area contributed by atoms with Crippen LogP contribution in [0.15, 0.2) is 42.5 Å². The van der Waals surface area contributed by atoms with Crippen molar-refractivity contribution in [2.24, 2.45) is 5.73 Å². The van der Waals surface area contributed by atoms with Crippen LogP contribution in [0.5, 0.6) is 11.5 Å². The topological polar surface area (TPSA) is 138 Å². The Morgan fingerprint density at radius 3 is 2.39 bits per heavy atom. The van der Waals surface area contributed by atoms with Crippen molar-refractivity contribution in [3.8, 4) is 11.5 Å². The molecule has 0 heterocycles. The van der Waals surface area contributed by atoms with E-state index in [2.05, 4.69) is 5.32 Å². The number of anilines is 1. The van der Waals surface area contributed by atoms with E-state index < -0.39 is 11.5 Å². The Labute approximate surface area is 163 Å². The van der Waals surface area contributed by atoms with Gasteiger partial charge >= 0.3 is 5.97 Å². The van der Waals surface area contributed by atoms with Crippen LogP contribution in [0.25, 0.3) is 0 Å². The van der Waals surface area contributed by atoms with Crippen molar-refractivity contribution in [2.45, 2.75) is 19.4 Å². The minimum atomic E-state index is -1.45. The number of nitrogens with one attached hydrogen (secondary N) is 2. The fraction of sp³-hybridized carbons (Fsp3) is 0.300. The van der Waals surface area contributed by atoms with E-state index in [0.29, 0.717) is 34.9 Å². The smallest absolute Gasteiger partial charge is 0.333 e. The van der Waals surface area contributed by atoms with Crippen LogP contribution in [-0.2, 0) is 10.3 Å². The predicted octanol–water partition coefficient (Wildman–Crippen LogP) is 2.15. The summed E-state index contributed by atoms with van der Waals surface area (Å²) in [6.07, 6.45) is 0. The summed E-state index contributed by atoms with van der Waals surface area (Å²) < 4.78 is 11.0. The zero-order valence-corrected chi connectivity index (χ0v) is 15.9. The molecule has 2 aromatic rings. The first-order chi connectivity index (χ1) is 13.3. The first-order valence-electron chi connectivity index (χ1n) is 8.78. The number of aliphatic hydroxyl groups is 1. The third-order valence-electron chi connectivity index (χ3n) is 4.19. The van der Waals surface area contributed by atoms with Gasteiger partial charge in [0.15, 0.2) is 17.0 Å². The van der Waals surface area contributed by atoms with Gasteiger partial charge in [-0.2, -0.15) is 0 Å². The molecule has 0 aliphatic rings. The van der Waals surface area contributed by atoms with Crippen molar-refractivity contribution < 1.29 is 24.5 Å². The van der Waals surface area contributed by atoms with Gasteiger partial charge in [-0.1, -0.05) is 6.07 Å². The summed E-state index contributed by atoms with van der Waals surface area (Å²) in [4.78, 5) is 12.1. The van der Waals surface area contributed by atoms with Gasteiger partial charge in [0.1, 0.15) is 12.4 Å². The lowest BCUT2D eigenvalue weighted by molar-refractivity contribution is -0.142. The molecule has 0 radical (unpaired) electrons. The van der Waals surface area contributed by atoms with Gasteiger partial charge in [0.2, 0.25) is 0 Å². The van der Waals surface area contributed by atoms with Crippen molar-refractivity contribution in [3.05, 3.63) is 53.6 Å². The molecule has 150 valence electrons. The maximum atomic E-state index is 12.1. The van der Waals surface area contributed by atoms with Crippen LogP contribution >= 0.6 is 0 Å². The fourth-order valence-corrected chi connectivity index (χ4v) is 2.63. The minimum Gasteiger partial charge on any atom is -0.490 e. The summed E-state index contributed by atoms with van der Waals surface area (Å²) in [6, 6.07) is 11.5. The largest absolute Gasteiger partial charge is 0.490 e. The third kappa shape index (κ3) is 4.72. The van der Waals surface area contributed by atoms with E-state index in [-0.39, 0.29) is 19.0 Å². The molecule has 8 nitrogen and oxygen atoms in total. The van der Waals surface area contributed by atoms with Crippen molar-refractivity contribution in [1.82, 2.24) is 0 Å². The molecular weight excluding hydrogens is 362 g/mol. The van der Waals surface area contributed by atoms with Crippen LogP contribution < -0.4 is 20.5 Å². The number of carboxylic acid groups (broad SMARTS) is 1. The molecular formula is C20H25N3O5. The number of nitrogens with two attached hydrogens (primary N) is 1. The average Bonchev–Trinajstić information content (AvgIpc) is 2.67. The zero-order valence-electron chi connectivity index (χ0n) is 15.9. The lowest BCUT2D eigenvalue weighted by Gasteiger charge is -2.29. The van der Waals surface area contributed by atoms with Gasteiger partial charge in [-0.05, 0) is 55.8 Å². The molecule has 1 atom stereocenters. The van der Waals surface area contributed by atoms with Gasteiger partial charge in [0, 0.05) is 11.3 Å². The maximum absolute atomic E-state index is 12.1. The normalized spacial score (nSPS) is 12.7. The number of ether oxygens (including phenoxy) is 2. The van der Waals surface area contributed by atoms with E-state index in [1.54, 1.807) is 49.4 Å². The minimum absolute atomic E-state index is 0.0626. The summed E-state index contributed by atoms with van der Waals surface area (Å²) in [5.74, 6) is -0.310. The molecule has 2 aromatic carbocycles. The zero-order chi connectivity index (χ0) is 20.7. The summed E-state index contributed by atoms with van der Waals surface area (Å²) in [5, 5.41) is 29.3. The standard InChI is InChI=1S/C20H25N3O5/c1-3-27-17-12-14(6-9-16(17)28-11-10-24)20(2,19(25)26)23-15-7-4-13(5-8-15)18(21)22/h4-9,12,23-24H,3,10-11H2,1-2H3,(H3,21,22)(H,25,26). The Kier molecular flexibility index (Phi) is 6.84. The van der Waals surface area contributed by atoms with Crippen molar-refractivity contribution in [2.75, 3.05) is 25.1 Å². The Morgan fingerprint density at radius 2 is 1.86 bits per heavy atom. The molecule has 0 aromatic heterocycles. The van der Waals surface area contributed by atoms with Crippen LogP contribution in [0.2, 0.25) is 0 Å². The summed E-state index contributed by atoms with van der Waals surface area (Å²) in [5.41, 5.74) is 5.59. The highest BCUT2D eigenvalue weighted by atomic mass is 16.5. The summed E-state index contributed by atoms with van der Waals surface area (Å²) in [6.45, 7) is 3.71. The van der Waals surface area contributed by atoms with Crippen molar-refractivity contribution >= 4 is 17.5 Å². The highest BCUT2D eigenvalue weighted by Crippen LogP contribution is 2.35. The number of aliphatic hydroxyl groups excluding tert-OH is 1. The average molecular weight is 387 g/mol. The number of carbonyl (C=O) groups is 1. The van der Waals surface area contributed by atoms with Crippen LogP contribution in [0.4, 0.5) is 5.69 Å². The highest BCUT2D eigenvalue weighted by molar-refractivity contribution is 5.95. The quantitative estimate of drug-likeness (QED) is 0.311. The van der Waals surface area contributed by atoms with E-state index in [1.807, 2.05) is 6.92 Å². The van der Waals surface area contributed by atoms with E-state index in [1.165, 1.54) is 0 Å². The molecule has 2 rings (SSSR count). The lowest BCUT2D eigenvalue weighted by Crippen LogP contribution is -2.40. The Morgan fingerprint density at radius 1 is 1.18 bits per heavy atom. The lowest BCUT2D eigenvalue weighted by atomic mass is 9.91. The van der Waals surface area contributed by atoms with Gasteiger partial charge in [-0.3, -0.25) is 5.41 Å². The van der Waals surface area contributed by atoms with Gasteiger partial charge in [0.05, 0.1) is 13.2 Å². The van der Waals surface area contributed by atoms with E-state index in [9.17, 15) is 9.90 Å². The van der Waals surface area contributed by atoms with E-state index >= 15 is 0 Å². The number of rotatable bonds is 10. The number of hydrogen-bond donors (Lipinski definition) is 5. The number of hydrogen-bond acceptors (Lipinski definition) is 6. The van der Waals surface area contributed by atoms with Gasteiger partial charge in [-0.25, -0.2) is 4.79 Å². The van der Waals surface area contributed by atoms with E-state index in [0.717, 1.165) is 0 Å². The second-order valence-corrected chi connectivity index (χ2v) is 6.21. The Hall–Kier alpha value is -3.26. The van der Waals surface area contributed by atoms with Crippen LogP contribution in [-0.4, -0.2) is 41.8 Å². The molecule has 0 aliphatic carbocycles. The summed E-state index contributed by atoms with van der Waals surface area (Å²) >= 11 is 0. The molecule has 28 heavy (non-hydrogen) atoms. The SMILES string of the molecule is CCOc1cc(C(C)(Nc2ccc(C(=N)N)cc2)C(=O)O)ccc1OCCO. The monoisotopic (exact) mass is 387 g/mol. The molecule has 8 heteroatoms. The number of benzene rings is 2. The second kappa shape index (κ2) is 9.09. The molecule has 0 saturated heterocycles. The van der Waals surface area contributed by atoms with Crippen molar-refractivity contribution in [1.29, 1.82) is 5.41 Å². The molecule has 0 spiro atoms. The maximum Gasteiger partial charge on any atom is 0.333 e. The highest BCUT2D eigenvalue weighted by Gasteiger charge is 2.36. The van der Waals surface area contributed by atoms with Gasteiger partial charge in [-0.15, -0.1) is 0 Å². The molecule has 0 aliphatic heterocycles. The first kappa shape index (κ1) is 21.0. The number of amidine groups is 1. The number of nitrogen functional groups attached to an aromatic ring is 1. The Balaban J connectivity index is 2.39. The molecule has 0 fully saturated rings. The molecule has 0 bridgehead atoms. The number of carboxylic acids is 1. The van der Waals surface area contributed by atoms with Crippen LogP contribution in [0, 0.1) is 5.41 Å². The predicted molar refractivity (Wildman–Crippen MR) is 106 cm³/mol. The number of aliphatic carboxylic acids is 1. The van der Waals surface area contributed by atoms with Crippen LogP contribution in [0.3, 0.4) is 0 Å². The van der Waals surface area contributed by atoms with Gasteiger partial charge in [0.25, 0.3) is 0 Å². The van der Waals surface area contributed by atoms with Gasteiger partial charge < -0.3 is 30.7 Å². The van der Waals surface area contributed by atoms with Crippen molar-refractivity contribution in [3.63, 3.8) is 0 Å². The van der Waals surface area contributed by atoms with E-state index in [4.69, 9.17) is 25.7 Å².